The van der Waals surface area contributed by atoms with Crippen molar-refractivity contribution in [3.63, 3.8) is 0 Å². The van der Waals surface area contributed by atoms with Gasteiger partial charge in [0.05, 0.1) is 0 Å². The first-order chi connectivity index (χ1) is 2.64. The molecule has 1 N–H and O–H groups in total. The molecule has 2 nitrogen and oxygen atoms in total. The van der Waals surface area contributed by atoms with Crippen LogP contribution in [0, 0.1) is 0 Å². The Kier molecular flexibility index (Phi) is 2.01. The highest BCUT2D eigenvalue weighted by molar-refractivity contribution is 6.34. The van der Waals surface area contributed by atoms with E-state index in [-0.39, 0.29) is 5.54 Å². The molecular formula is C3H8O2Si. The van der Waals surface area contributed by atoms with Gasteiger partial charge in [0.1, 0.15) is 0 Å². The fraction of sp³-hybridized carbons (Fsp3) is 1.00. The second kappa shape index (κ2) is 2.07. The molecule has 0 heterocycles. The molecule has 0 spiro atoms. The van der Waals surface area contributed by atoms with Crippen molar-refractivity contribution in [2.45, 2.75) is 19.4 Å². The van der Waals surface area contributed by atoms with Gasteiger partial charge in [-0.05, 0) is 0 Å². The third-order valence-electron chi connectivity index (χ3n) is 0.494. The Morgan fingerprint density at radius 2 is 1.83 bits per heavy atom. The largest absolute Gasteiger partial charge is 0.539 e. The molecule has 0 fully saturated rings. The first kappa shape index (κ1) is 5.82. The van der Waals surface area contributed by atoms with E-state index in [1.54, 1.807) is 13.8 Å². The molecule has 0 atom stereocenters. The minimum atomic E-state index is -2.20. The molecule has 0 aromatic rings. The molecule has 0 saturated heterocycles. The highest BCUT2D eigenvalue weighted by Gasteiger charge is 2.05. The summed E-state index contributed by atoms with van der Waals surface area (Å²) in [5.41, 5.74) is -0.0463. The van der Waals surface area contributed by atoms with Crippen LogP contribution in [0.3, 0.4) is 0 Å². The predicted octanol–water partition coefficient (Wildman–Crippen LogP) is 0.307. The van der Waals surface area contributed by atoms with Crippen molar-refractivity contribution < 1.29 is 9.26 Å². The van der Waals surface area contributed by atoms with Crippen molar-refractivity contribution in [2.75, 3.05) is 0 Å². The van der Waals surface area contributed by atoms with Crippen LogP contribution in [0.5, 0.6) is 0 Å². The Morgan fingerprint density at radius 3 is 1.83 bits per heavy atom. The van der Waals surface area contributed by atoms with Crippen LogP contribution in [-0.2, 0) is 4.46 Å². The Bertz CT molecular complexity index is 59.8. The van der Waals surface area contributed by atoms with Gasteiger partial charge in [-0.2, -0.15) is 0 Å². The fourth-order valence-electron chi connectivity index (χ4n) is 0. The third-order valence-corrected chi connectivity index (χ3v) is 1.48. The zero-order valence-corrected chi connectivity index (χ0v) is 4.93. The first-order valence-electron chi connectivity index (χ1n) is 1.87. The maximum Gasteiger partial charge on any atom is 0.502 e. The van der Waals surface area contributed by atoms with Gasteiger partial charge in [0.25, 0.3) is 0 Å². The molecule has 0 rings (SSSR count). The molecule has 0 amide bonds. The van der Waals surface area contributed by atoms with E-state index >= 15 is 0 Å². The summed E-state index contributed by atoms with van der Waals surface area (Å²) in [6.07, 6.45) is 0. The van der Waals surface area contributed by atoms with Gasteiger partial charge in [0.15, 0.2) is 0 Å². The lowest BCUT2D eigenvalue weighted by atomic mass is 10.6. The standard InChI is InChI=1S/C3H8O2Si/c1-3(2)6(4)5/h3-4H,1-2H3. The average Bonchev–Trinajstić information content (AvgIpc) is 1.36. The highest BCUT2D eigenvalue weighted by Crippen LogP contribution is 1.94. The zero-order chi connectivity index (χ0) is 5.15. The second-order valence-electron chi connectivity index (χ2n) is 1.49. The van der Waals surface area contributed by atoms with Crippen LogP contribution in [0.25, 0.3) is 0 Å². The van der Waals surface area contributed by atoms with E-state index < -0.39 is 8.93 Å². The van der Waals surface area contributed by atoms with Crippen molar-refractivity contribution >= 4 is 8.93 Å². The predicted molar refractivity (Wildman–Crippen MR) is 23.8 cm³/mol. The van der Waals surface area contributed by atoms with Gasteiger partial charge in [0, 0.05) is 5.54 Å². The summed E-state index contributed by atoms with van der Waals surface area (Å²) >= 11 is 0. The van der Waals surface area contributed by atoms with Gasteiger partial charge in [-0.3, -0.25) is 0 Å². The number of hydrogen-bond donors (Lipinski definition) is 1. The van der Waals surface area contributed by atoms with Gasteiger partial charge >= 0.3 is 8.93 Å². The third kappa shape index (κ3) is 2.08. The van der Waals surface area contributed by atoms with E-state index in [0.29, 0.717) is 0 Å². The summed E-state index contributed by atoms with van der Waals surface area (Å²) in [6, 6.07) is 0. The van der Waals surface area contributed by atoms with E-state index in [1.807, 2.05) is 0 Å². The maximum atomic E-state index is 9.88. The van der Waals surface area contributed by atoms with Crippen LogP contribution in [0.2, 0.25) is 5.54 Å². The Morgan fingerprint density at radius 1 is 1.67 bits per heavy atom. The lowest BCUT2D eigenvalue weighted by Gasteiger charge is -1.86. The van der Waals surface area contributed by atoms with Gasteiger partial charge < -0.3 is 9.26 Å². The summed E-state index contributed by atoms with van der Waals surface area (Å²) < 4.78 is 9.88. The van der Waals surface area contributed by atoms with Crippen LogP contribution < -0.4 is 0 Å². The molecule has 0 aromatic carbocycles. The minimum absolute atomic E-state index is 0.0463. The smallest absolute Gasteiger partial charge is 0.502 e. The SMILES string of the molecule is CC(C)[Si](=O)O. The topological polar surface area (TPSA) is 37.3 Å². The first-order valence-corrected chi connectivity index (χ1v) is 3.30. The minimum Gasteiger partial charge on any atom is -0.539 e. The van der Waals surface area contributed by atoms with E-state index in [9.17, 15) is 4.46 Å². The van der Waals surface area contributed by atoms with Gasteiger partial charge in [-0.15, -0.1) is 0 Å². The second-order valence-corrected chi connectivity index (χ2v) is 3.32. The zero-order valence-electron chi connectivity index (χ0n) is 3.93. The van der Waals surface area contributed by atoms with E-state index in [4.69, 9.17) is 4.80 Å². The average molecular weight is 104 g/mol. The van der Waals surface area contributed by atoms with E-state index in [0.717, 1.165) is 0 Å². The van der Waals surface area contributed by atoms with Gasteiger partial charge in [0.2, 0.25) is 0 Å². The monoisotopic (exact) mass is 104 g/mol. The maximum absolute atomic E-state index is 9.88. The van der Waals surface area contributed by atoms with Crippen LogP contribution in [-0.4, -0.2) is 13.7 Å². The fourth-order valence-corrected chi connectivity index (χ4v) is 0. The summed E-state index contributed by atoms with van der Waals surface area (Å²) in [5, 5.41) is 0. The van der Waals surface area contributed by atoms with Crippen molar-refractivity contribution in [1.29, 1.82) is 0 Å². The molecule has 0 bridgehead atoms. The van der Waals surface area contributed by atoms with Crippen molar-refractivity contribution in [1.82, 2.24) is 0 Å². The Hall–Kier alpha value is -0.183. The van der Waals surface area contributed by atoms with E-state index in [2.05, 4.69) is 0 Å². The molecule has 0 radical (unpaired) electrons. The number of rotatable bonds is 1. The Balaban J connectivity index is 3.26. The molecule has 36 valence electrons. The molecule has 0 aromatic heterocycles. The molecule has 3 heteroatoms. The van der Waals surface area contributed by atoms with Crippen molar-refractivity contribution in [3.8, 4) is 0 Å². The normalized spacial score (nSPS) is 9.17. The lowest BCUT2D eigenvalue weighted by molar-refractivity contribution is 0.435. The highest BCUT2D eigenvalue weighted by atomic mass is 28.3. The van der Waals surface area contributed by atoms with Crippen LogP contribution in [0.1, 0.15) is 13.8 Å². The molecular weight excluding hydrogens is 96.1 g/mol. The summed E-state index contributed by atoms with van der Waals surface area (Å²) in [6.45, 7) is 3.45. The molecule has 0 aliphatic heterocycles. The summed E-state index contributed by atoms with van der Waals surface area (Å²) in [7, 11) is -2.20. The van der Waals surface area contributed by atoms with Crippen LogP contribution in [0.15, 0.2) is 0 Å². The number of hydrogen-bond acceptors (Lipinski definition) is 1. The lowest BCUT2D eigenvalue weighted by Crippen LogP contribution is -2.00. The molecule has 0 aliphatic rings. The summed E-state index contributed by atoms with van der Waals surface area (Å²) in [5.74, 6) is 0. The van der Waals surface area contributed by atoms with Crippen molar-refractivity contribution in [2.24, 2.45) is 0 Å². The molecule has 0 saturated carbocycles. The molecule has 0 aliphatic carbocycles. The van der Waals surface area contributed by atoms with Crippen molar-refractivity contribution in [3.05, 3.63) is 0 Å². The van der Waals surface area contributed by atoms with Crippen LogP contribution >= 0.6 is 0 Å². The van der Waals surface area contributed by atoms with Gasteiger partial charge in [-0.25, -0.2) is 0 Å². The molecule has 0 unspecified atom stereocenters. The Labute approximate surface area is 38.6 Å². The quantitative estimate of drug-likeness (QED) is 0.486. The van der Waals surface area contributed by atoms with Crippen LogP contribution in [0.4, 0.5) is 0 Å². The molecule has 6 heavy (non-hydrogen) atoms. The van der Waals surface area contributed by atoms with E-state index in [1.165, 1.54) is 0 Å². The summed E-state index contributed by atoms with van der Waals surface area (Å²) in [4.78, 5) is 8.18. The van der Waals surface area contributed by atoms with Gasteiger partial charge in [-0.1, -0.05) is 13.8 Å².